The molecule has 0 saturated carbocycles. The molecule has 0 fully saturated rings. The molecule has 0 saturated heterocycles. The molecule has 0 radical (unpaired) electrons. The first-order valence-electron chi connectivity index (χ1n) is 5.54. The molecule has 0 atom stereocenters. The minimum Gasteiger partial charge on any atom is -0.421 e. The number of cyclic esters (lactones) is 1. The summed E-state index contributed by atoms with van der Waals surface area (Å²) >= 11 is 3.51. The third-order valence-corrected chi connectivity index (χ3v) is 3.63. The average Bonchev–Trinajstić information content (AvgIpc) is 2.77. The van der Waals surface area contributed by atoms with E-state index < -0.39 is 0 Å². The average molecular weight is 301 g/mol. The maximum atomic E-state index is 11.7. The number of halogens is 1. The molecule has 0 bridgehead atoms. The lowest BCUT2D eigenvalue weighted by Crippen LogP contribution is -1.92. The van der Waals surface area contributed by atoms with Crippen molar-refractivity contribution < 1.29 is 9.53 Å². The fraction of sp³-hybridized carbons (Fsp3) is 0. The van der Waals surface area contributed by atoms with Gasteiger partial charge in [-0.3, -0.25) is 0 Å². The minimum absolute atomic E-state index is 0.298. The van der Waals surface area contributed by atoms with E-state index in [0.717, 1.165) is 15.6 Å². The van der Waals surface area contributed by atoms with Crippen molar-refractivity contribution in [3.8, 4) is 0 Å². The molecule has 2 aromatic carbocycles. The Morgan fingerprint density at radius 3 is 2.22 bits per heavy atom. The zero-order chi connectivity index (χ0) is 12.5. The second-order valence-electron chi connectivity index (χ2n) is 3.94. The Morgan fingerprint density at radius 1 is 0.889 bits per heavy atom. The standard InChI is InChI=1S/C15H9BrO2/c16-13(10-6-2-1-3-7-10)14-11-8-4-5-9-12(11)15(17)18-14/h1-9H/b14-13+. The van der Waals surface area contributed by atoms with Gasteiger partial charge in [0.1, 0.15) is 0 Å². The van der Waals surface area contributed by atoms with Crippen LogP contribution in [0.15, 0.2) is 54.6 Å². The minimum atomic E-state index is -0.298. The molecule has 88 valence electrons. The molecular formula is C15H9BrO2. The molecule has 0 spiro atoms. The Kier molecular flexibility index (Phi) is 2.76. The number of esters is 1. The Bertz CT molecular complexity index is 645. The van der Waals surface area contributed by atoms with Crippen molar-refractivity contribution in [2.75, 3.05) is 0 Å². The number of hydrogen-bond acceptors (Lipinski definition) is 2. The van der Waals surface area contributed by atoms with Gasteiger partial charge in [0.25, 0.3) is 0 Å². The molecule has 0 amide bonds. The van der Waals surface area contributed by atoms with Crippen LogP contribution in [0.4, 0.5) is 0 Å². The topological polar surface area (TPSA) is 26.3 Å². The van der Waals surface area contributed by atoms with E-state index in [1.54, 1.807) is 6.07 Å². The number of carbonyl (C=O) groups excluding carboxylic acids is 1. The van der Waals surface area contributed by atoms with Crippen molar-refractivity contribution in [3.63, 3.8) is 0 Å². The number of benzene rings is 2. The fourth-order valence-corrected chi connectivity index (χ4v) is 2.50. The van der Waals surface area contributed by atoms with Crippen LogP contribution in [-0.4, -0.2) is 5.97 Å². The van der Waals surface area contributed by atoms with E-state index in [1.807, 2.05) is 48.5 Å². The Balaban J connectivity index is 2.17. The van der Waals surface area contributed by atoms with Crippen LogP contribution in [0.3, 0.4) is 0 Å². The van der Waals surface area contributed by atoms with Crippen LogP contribution < -0.4 is 0 Å². The first-order valence-corrected chi connectivity index (χ1v) is 6.33. The predicted molar refractivity (Wildman–Crippen MR) is 74.0 cm³/mol. The van der Waals surface area contributed by atoms with Gasteiger partial charge in [-0.1, -0.05) is 48.5 Å². The first kappa shape index (κ1) is 11.2. The van der Waals surface area contributed by atoms with Crippen molar-refractivity contribution in [1.82, 2.24) is 0 Å². The van der Waals surface area contributed by atoms with Gasteiger partial charge in [0.2, 0.25) is 0 Å². The second-order valence-corrected chi connectivity index (χ2v) is 4.74. The van der Waals surface area contributed by atoms with Crippen molar-refractivity contribution in [1.29, 1.82) is 0 Å². The number of ether oxygens (including phenoxy) is 1. The summed E-state index contributed by atoms with van der Waals surface area (Å²) in [6.07, 6.45) is 0. The molecule has 2 nitrogen and oxygen atoms in total. The zero-order valence-corrected chi connectivity index (χ0v) is 11.0. The van der Waals surface area contributed by atoms with Crippen molar-refractivity contribution >= 4 is 32.1 Å². The molecular weight excluding hydrogens is 292 g/mol. The van der Waals surface area contributed by atoms with Gasteiger partial charge < -0.3 is 4.74 Å². The van der Waals surface area contributed by atoms with E-state index in [1.165, 1.54) is 0 Å². The van der Waals surface area contributed by atoms with E-state index in [4.69, 9.17) is 4.74 Å². The lowest BCUT2D eigenvalue weighted by atomic mass is 10.1. The van der Waals surface area contributed by atoms with Gasteiger partial charge >= 0.3 is 5.97 Å². The van der Waals surface area contributed by atoms with Gasteiger partial charge in [0.15, 0.2) is 5.76 Å². The summed E-state index contributed by atoms with van der Waals surface area (Å²) in [4.78, 5) is 11.7. The van der Waals surface area contributed by atoms with Gasteiger partial charge in [-0.05, 0) is 27.6 Å². The maximum absolute atomic E-state index is 11.7. The Morgan fingerprint density at radius 2 is 1.50 bits per heavy atom. The van der Waals surface area contributed by atoms with Gasteiger partial charge in [0.05, 0.1) is 10.0 Å². The van der Waals surface area contributed by atoms with E-state index >= 15 is 0 Å². The summed E-state index contributed by atoms with van der Waals surface area (Å²) in [5.74, 6) is 0.287. The molecule has 0 aliphatic carbocycles. The Hall–Kier alpha value is -1.87. The molecule has 1 aliphatic heterocycles. The number of hydrogen-bond donors (Lipinski definition) is 0. The maximum Gasteiger partial charge on any atom is 0.344 e. The van der Waals surface area contributed by atoms with Crippen LogP contribution in [0.5, 0.6) is 0 Å². The third kappa shape index (κ3) is 1.77. The molecule has 0 N–H and O–H groups in total. The fourth-order valence-electron chi connectivity index (χ4n) is 1.94. The number of carbonyl (C=O) groups is 1. The zero-order valence-electron chi connectivity index (χ0n) is 9.39. The summed E-state index contributed by atoms with van der Waals surface area (Å²) < 4.78 is 6.13. The van der Waals surface area contributed by atoms with Gasteiger partial charge in [0, 0.05) is 5.56 Å². The highest BCUT2D eigenvalue weighted by atomic mass is 79.9. The van der Waals surface area contributed by atoms with Crippen molar-refractivity contribution in [3.05, 3.63) is 71.3 Å². The lowest BCUT2D eigenvalue weighted by molar-refractivity contribution is 0.0717. The number of rotatable bonds is 1. The molecule has 1 aliphatic rings. The lowest BCUT2D eigenvalue weighted by Gasteiger charge is -2.04. The van der Waals surface area contributed by atoms with Crippen LogP contribution in [0.25, 0.3) is 10.2 Å². The summed E-state index contributed by atoms with van der Waals surface area (Å²) in [7, 11) is 0. The molecule has 1 heterocycles. The SMILES string of the molecule is O=C1O/C(=C(/Br)c2ccccc2)c2ccccc21. The van der Waals surface area contributed by atoms with Crippen molar-refractivity contribution in [2.24, 2.45) is 0 Å². The van der Waals surface area contributed by atoms with Crippen LogP contribution in [0.1, 0.15) is 21.5 Å². The summed E-state index contributed by atoms with van der Waals surface area (Å²) in [6.45, 7) is 0. The molecule has 18 heavy (non-hydrogen) atoms. The summed E-state index contributed by atoms with van der Waals surface area (Å²) in [5, 5.41) is 0. The largest absolute Gasteiger partial charge is 0.421 e. The van der Waals surface area contributed by atoms with E-state index in [9.17, 15) is 4.79 Å². The quantitative estimate of drug-likeness (QED) is 0.742. The molecule has 3 rings (SSSR count). The van der Waals surface area contributed by atoms with E-state index in [2.05, 4.69) is 15.9 Å². The van der Waals surface area contributed by atoms with Gasteiger partial charge in [-0.2, -0.15) is 0 Å². The monoisotopic (exact) mass is 300 g/mol. The van der Waals surface area contributed by atoms with Crippen LogP contribution >= 0.6 is 15.9 Å². The smallest absolute Gasteiger partial charge is 0.344 e. The summed E-state index contributed by atoms with van der Waals surface area (Å²) in [5.41, 5.74) is 2.43. The summed E-state index contributed by atoms with van der Waals surface area (Å²) in [6, 6.07) is 17.2. The van der Waals surface area contributed by atoms with E-state index in [-0.39, 0.29) is 5.97 Å². The van der Waals surface area contributed by atoms with Gasteiger partial charge in [-0.15, -0.1) is 0 Å². The normalized spacial score (nSPS) is 16.2. The highest BCUT2D eigenvalue weighted by molar-refractivity contribution is 9.15. The first-order chi connectivity index (χ1) is 8.77. The molecule has 0 unspecified atom stereocenters. The third-order valence-electron chi connectivity index (χ3n) is 2.81. The molecule has 0 aromatic heterocycles. The molecule has 2 aromatic rings. The number of fused-ring (bicyclic) bond motifs is 1. The van der Waals surface area contributed by atoms with E-state index in [0.29, 0.717) is 11.3 Å². The van der Waals surface area contributed by atoms with Crippen LogP contribution in [0, 0.1) is 0 Å². The highest BCUT2D eigenvalue weighted by Gasteiger charge is 2.28. The van der Waals surface area contributed by atoms with Crippen molar-refractivity contribution in [2.45, 2.75) is 0 Å². The molecule has 3 heteroatoms. The van der Waals surface area contributed by atoms with Gasteiger partial charge in [-0.25, -0.2) is 4.79 Å². The predicted octanol–water partition coefficient (Wildman–Crippen LogP) is 4.08. The highest BCUT2D eigenvalue weighted by Crippen LogP contribution is 2.38. The second kappa shape index (κ2) is 4.42. The van der Waals surface area contributed by atoms with Crippen LogP contribution in [-0.2, 0) is 4.74 Å². The van der Waals surface area contributed by atoms with Crippen LogP contribution in [0.2, 0.25) is 0 Å². The Labute approximate surface area is 113 Å².